The van der Waals surface area contributed by atoms with Gasteiger partial charge in [-0.05, 0) is 48.7 Å². The molecular weight excluding hydrogens is 505 g/mol. The molecule has 190 valence electrons. The van der Waals surface area contributed by atoms with Crippen molar-refractivity contribution >= 4 is 23.2 Å². The lowest BCUT2D eigenvalue weighted by Crippen LogP contribution is -2.49. The van der Waals surface area contributed by atoms with Crippen molar-refractivity contribution in [1.82, 2.24) is 5.32 Å². The summed E-state index contributed by atoms with van der Waals surface area (Å²) < 4.78 is 52.6. The normalized spacial score (nSPS) is 27.3. The summed E-state index contributed by atoms with van der Waals surface area (Å²) in [5.74, 6) is -2.24. The highest BCUT2D eigenvalue weighted by molar-refractivity contribution is 6.34. The number of amides is 1. The van der Waals surface area contributed by atoms with E-state index in [9.17, 15) is 14.3 Å². The summed E-state index contributed by atoms with van der Waals surface area (Å²) in [5, 5.41) is 16.4. The van der Waals surface area contributed by atoms with Gasteiger partial charge in [-0.15, -0.1) is 0 Å². The number of anilines is 1. The molecule has 4 bridgehead atoms. The standard InChI is InChI=1S/C28H22ClF3N2O3/c29-24-17(30)10-19-16-11-28(37-19,20-5-2-6-33-20)13-3-1-4-14(9-13)34-27(36)15-7-12-8-18(31)26(35)21(12)25(32)23(15)22(16)24/h1,3-4,7,9-10,18,20,26,33,35H,2,5-6,8,11H2,(H,34,36)/t18?,20-,26?,28-/m0/s1. The number of hydrogen-bond acceptors (Lipinski definition) is 4. The Morgan fingerprint density at radius 2 is 2.00 bits per heavy atom. The molecule has 1 aliphatic carbocycles. The van der Waals surface area contributed by atoms with Crippen LogP contribution in [-0.2, 0) is 18.4 Å². The van der Waals surface area contributed by atoms with E-state index in [1.807, 2.05) is 12.1 Å². The highest BCUT2D eigenvalue weighted by atomic mass is 35.5. The lowest BCUT2D eigenvalue weighted by Gasteiger charge is -2.35. The Bertz CT molecular complexity index is 1510. The molecule has 7 rings (SSSR count). The summed E-state index contributed by atoms with van der Waals surface area (Å²) in [5.41, 5.74) is 0.350. The average Bonchev–Trinajstić information content (AvgIpc) is 3.59. The van der Waals surface area contributed by atoms with E-state index >= 15 is 8.78 Å². The maximum atomic E-state index is 16.3. The molecule has 3 heterocycles. The van der Waals surface area contributed by atoms with Crippen molar-refractivity contribution < 1.29 is 27.8 Å². The van der Waals surface area contributed by atoms with Crippen LogP contribution in [0.5, 0.6) is 5.75 Å². The molecule has 1 saturated heterocycles. The monoisotopic (exact) mass is 526 g/mol. The first-order valence-electron chi connectivity index (χ1n) is 12.3. The molecule has 2 unspecified atom stereocenters. The van der Waals surface area contributed by atoms with Crippen molar-refractivity contribution in [3.05, 3.63) is 80.9 Å². The summed E-state index contributed by atoms with van der Waals surface area (Å²) in [4.78, 5) is 13.6. The first kappa shape index (κ1) is 23.1. The van der Waals surface area contributed by atoms with Gasteiger partial charge in [0.25, 0.3) is 5.91 Å². The van der Waals surface area contributed by atoms with Gasteiger partial charge in [0.15, 0.2) is 5.60 Å². The number of carbonyl (C=O) groups is 1. The fourth-order valence-electron chi connectivity index (χ4n) is 6.49. The Morgan fingerprint density at radius 3 is 2.78 bits per heavy atom. The zero-order valence-electron chi connectivity index (χ0n) is 19.5. The topological polar surface area (TPSA) is 70.6 Å². The number of benzene rings is 3. The molecule has 9 heteroatoms. The number of halogens is 4. The Labute approximate surface area is 215 Å². The predicted octanol–water partition coefficient (Wildman–Crippen LogP) is 5.36. The molecule has 4 atom stereocenters. The minimum absolute atomic E-state index is 0.00787. The minimum Gasteiger partial charge on any atom is -0.480 e. The Balaban J connectivity index is 1.58. The van der Waals surface area contributed by atoms with Gasteiger partial charge in [0.1, 0.15) is 29.7 Å². The van der Waals surface area contributed by atoms with E-state index in [-0.39, 0.29) is 57.5 Å². The third-order valence-electron chi connectivity index (χ3n) is 8.19. The van der Waals surface area contributed by atoms with Crippen LogP contribution in [0, 0.1) is 11.6 Å². The van der Waals surface area contributed by atoms with Crippen molar-refractivity contribution in [2.45, 2.75) is 49.6 Å². The van der Waals surface area contributed by atoms with Gasteiger partial charge in [-0.2, -0.15) is 0 Å². The molecule has 37 heavy (non-hydrogen) atoms. The highest BCUT2D eigenvalue weighted by Gasteiger charge is 2.51. The second-order valence-corrected chi connectivity index (χ2v) is 10.6. The quantitative estimate of drug-likeness (QED) is 0.399. The Hall–Kier alpha value is -3.07. The third-order valence-corrected chi connectivity index (χ3v) is 8.56. The molecule has 3 aromatic rings. The van der Waals surface area contributed by atoms with Gasteiger partial charge in [-0.25, -0.2) is 13.2 Å². The van der Waals surface area contributed by atoms with Crippen molar-refractivity contribution in [3.8, 4) is 16.9 Å². The predicted molar refractivity (Wildman–Crippen MR) is 132 cm³/mol. The van der Waals surface area contributed by atoms with E-state index in [1.54, 1.807) is 12.1 Å². The zero-order valence-corrected chi connectivity index (χ0v) is 20.3. The number of carbonyl (C=O) groups excluding carboxylic acids is 1. The first-order chi connectivity index (χ1) is 17.8. The summed E-state index contributed by atoms with van der Waals surface area (Å²) in [6.45, 7) is 0.788. The first-order valence-corrected chi connectivity index (χ1v) is 12.7. The molecule has 0 aromatic heterocycles. The van der Waals surface area contributed by atoms with Crippen LogP contribution in [-0.4, -0.2) is 29.8 Å². The molecule has 0 saturated carbocycles. The lowest BCUT2D eigenvalue weighted by atomic mass is 9.80. The Morgan fingerprint density at radius 1 is 1.16 bits per heavy atom. The van der Waals surface area contributed by atoms with Crippen molar-refractivity contribution in [3.63, 3.8) is 0 Å². The van der Waals surface area contributed by atoms with Gasteiger partial charge < -0.3 is 20.5 Å². The van der Waals surface area contributed by atoms with Crippen molar-refractivity contribution in [2.75, 3.05) is 11.9 Å². The van der Waals surface area contributed by atoms with Crippen LogP contribution in [0.2, 0.25) is 5.02 Å². The molecule has 1 amide bonds. The van der Waals surface area contributed by atoms with Crippen LogP contribution >= 0.6 is 11.6 Å². The largest absolute Gasteiger partial charge is 0.480 e. The summed E-state index contributed by atoms with van der Waals surface area (Å²) >= 11 is 6.52. The summed E-state index contributed by atoms with van der Waals surface area (Å²) in [7, 11) is 0. The van der Waals surface area contributed by atoms with Gasteiger partial charge in [-0.3, -0.25) is 4.79 Å². The maximum absolute atomic E-state index is 16.3. The van der Waals surface area contributed by atoms with Crippen LogP contribution in [0.1, 0.15) is 51.6 Å². The van der Waals surface area contributed by atoms with Gasteiger partial charge in [0.05, 0.1) is 16.6 Å². The minimum atomic E-state index is -1.72. The zero-order chi connectivity index (χ0) is 25.6. The van der Waals surface area contributed by atoms with Crippen LogP contribution in [0.25, 0.3) is 11.1 Å². The fraction of sp³-hybridized carbons (Fsp3) is 0.321. The molecule has 3 aliphatic heterocycles. The maximum Gasteiger partial charge on any atom is 0.256 e. The molecule has 0 spiro atoms. The van der Waals surface area contributed by atoms with E-state index in [2.05, 4.69) is 10.6 Å². The lowest BCUT2D eigenvalue weighted by molar-refractivity contribution is 0.0539. The molecule has 4 aliphatic rings. The summed E-state index contributed by atoms with van der Waals surface area (Å²) in [6.07, 6.45) is -1.68. The van der Waals surface area contributed by atoms with Crippen molar-refractivity contribution in [2.24, 2.45) is 0 Å². The van der Waals surface area contributed by atoms with Gasteiger partial charge >= 0.3 is 0 Å². The van der Waals surface area contributed by atoms with E-state index < -0.39 is 35.4 Å². The van der Waals surface area contributed by atoms with Crippen LogP contribution < -0.4 is 15.4 Å². The van der Waals surface area contributed by atoms with E-state index in [1.165, 1.54) is 12.1 Å². The number of hydrogen-bond donors (Lipinski definition) is 3. The van der Waals surface area contributed by atoms with E-state index in [4.69, 9.17) is 16.3 Å². The molecule has 1 fully saturated rings. The fourth-order valence-corrected chi connectivity index (χ4v) is 6.76. The second kappa shape index (κ2) is 7.96. The number of rotatable bonds is 1. The number of aliphatic hydroxyl groups is 1. The Kier molecular flexibility index (Phi) is 4.97. The average molecular weight is 527 g/mol. The van der Waals surface area contributed by atoms with Gasteiger partial charge in [-0.1, -0.05) is 23.7 Å². The number of nitrogens with one attached hydrogen (secondary N) is 2. The molecule has 3 aromatic carbocycles. The number of alkyl halides is 1. The van der Waals surface area contributed by atoms with Crippen LogP contribution in [0.3, 0.4) is 0 Å². The smallest absolute Gasteiger partial charge is 0.256 e. The van der Waals surface area contributed by atoms with E-state index in [0.29, 0.717) is 11.3 Å². The third kappa shape index (κ3) is 3.15. The summed E-state index contributed by atoms with van der Waals surface area (Å²) in [6, 6.07) is 9.69. The van der Waals surface area contributed by atoms with Gasteiger partial charge in [0, 0.05) is 46.8 Å². The highest BCUT2D eigenvalue weighted by Crippen LogP contribution is 2.53. The number of aliphatic hydroxyl groups excluding tert-OH is 1. The van der Waals surface area contributed by atoms with Crippen LogP contribution in [0.4, 0.5) is 18.9 Å². The van der Waals surface area contributed by atoms with Gasteiger partial charge in [0.2, 0.25) is 0 Å². The SMILES string of the molecule is O=C1Nc2cccc(c2)[C@]2([C@@H]3CCCN3)Cc3c(cc(F)c(Cl)c3-c3c1cc1c(c3F)C(O)C(F)C1)O2. The van der Waals surface area contributed by atoms with Crippen LogP contribution in [0.15, 0.2) is 36.4 Å². The number of fused-ring (bicyclic) bond motifs is 7. The molecule has 0 radical (unpaired) electrons. The van der Waals surface area contributed by atoms with E-state index in [0.717, 1.165) is 24.9 Å². The number of ether oxygens (including phenoxy) is 1. The van der Waals surface area contributed by atoms with Crippen molar-refractivity contribution in [1.29, 1.82) is 0 Å². The molecular formula is C28H22ClF3N2O3. The molecule has 3 N–H and O–H groups in total. The second-order valence-electron chi connectivity index (χ2n) is 10.2. The molecule has 5 nitrogen and oxygen atoms in total.